The average molecular weight is 221 g/mol. The van der Waals surface area contributed by atoms with E-state index in [4.69, 9.17) is 10.7 Å². The van der Waals surface area contributed by atoms with Gasteiger partial charge in [-0.05, 0) is 16.5 Å². The number of nitrogens with two attached hydrogens (primary N) is 1. The summed E-state index contributed by atoms with van der Waals surface area (Å²) >= 11 is 0. The Morgan fingerprint density at radius 1 is 1.06 bits per heavy atom. The second-order valence-electron chi connectivity index (χ2n) is 6.03. The molecule has 0 unspecified atom stereocenters. The molecule has 0 spiro atoms. The molecule has 90 valence electrons. The van der Waals surface area contributed by atoms with Crippen LogP contribution in [0.4, 0.5) is 0 Å². The molecule has 0 heterocycles. The molecule has 1 aromatic carbocycles. The summed E-state index contributed by atoms with van der Waals surface area (Å²) in [7, 11) is 0. The van der Waals surface area contributed by atoms with Crippen LogP contribution in [0.5, 0.6) is 0 Å². The van der Waals surface area contributed by atoms with Gasteiger partial charge in [-0.1, -0.05) is 58.9 Å². The van der Waals surface area contributed by atoms with Crippen molar-refractivity contribution in [1.29, 1.82) is 0 Å². The topological polar surface area (TPSA) is 35.2 Å². The Balaban J connectivity index is 3.08. The first-order valence-corrected chi connectivity index (χ1v) is 5.70. The second-order valence-corrected chi connectivity index (χ2v) is 6.03. The SMILES string of the molecule is CC(C)(C)c1cccc(C(C)(C)CON)c1. The number of benzene rings is 1. The van der Waals surface area contributed by atoms with E-state index in [1.54, 1.807) is 0 Å². The summed E-state index contributed by atoms with van der Waals surface area (Å²) in [6.45, 7) is 11.5. The molecule has 1 rings (SSSR count). The predicted molar refractivity (Wildman–Crippen MR) is 68.3 cm³/mol. The molecule has 0 aliphatic heterocycles. The lowest BCUT2D eigenvalue weighted by molar-refractivity contribution is 0.0964. The lowest BCUT2D eigenvalue weighted by Crippen LogP contribution is -2.26. The van der Waals surface area contributed by atoms with Gasteiger partial charge in [-0.25, -0.2) is 5.90 Å². The van der Waals surface area contributed by atoms with E-state index in [2.05, 4.69) is 58.9 Å². The zero-order chi connectivity index (χ0) is 12.4. The normalized spacial score (nSPS) is 12.9. The van der Waals surface area contributed by atoms with Crippen molar-refractivity contribution in [2.45, 2.75) is 45.4 Å². The number of hydrogen-bond donors (Lipinski definition) is 1. The molecule has 0 bridgehead atoms. The largest absolute Gasteiger partial charge is 0.304 e. The van der Waals surface area contributed by atoms with Gasteiger partial charge in [0.2, 0.25) is 0 Å². The van der Waals surface area contributed by atoms with Gasteiger partial charge in [-0.15, -0.1) is 0 Å². The standard InChI is InChI=1S/C14H23NO/c1-13(2,3)11-7-6-8-12(9-11)14(4,5)10-16-15/h6-9H,10,15H2,1-5H3. The molecular weight excluding hydrogens is 198 g/mol. The highest BCUT2D eigenvalue weighted by molar-refractivity contribution is 5.32. The van der Waals surface area contributed by atoms with Gasteiger partial charge in [-0.3, -0.25) is 0 Å². The van der Waals surface area contributed by atoms with Crippen molar-refractivity contribution >= 4 is 0 Å². The predicted octanol–water partition coefficient (Wildman–Crippen LogP) is 3.15. The maximum Gasteiger partial charge on any atom is 0.0770 e. The van der Waals surface area contributed by atoms with Crippen molar-refractivity contribution in [1.82, 2.24) is 0 Å². The fourth-order valence-corrected chi connectivity index (χ4v) is 1.70. The van der Waals surface area contributed by atoms with Crippen LogP contribution in [0, 0.1) is 0 Å². The summed E-state index contributed by atoms with van der Waals surface area (Å²) in [5.41, 5.74) is 2.74. The molecule has 2 nitrogen and oxygen atoms in total. The third kappa shape index (κ3) is 3.06. The van der Waals surface area contributed by atoms with Gasteiger partial charge in [0.25, 0.3) is 0 Å². The van der Waals surface area contributed by atoms with E-state index < -0.39 is 0 Å². The molecule has 0 amide bonds. The van der Waals surface area contributed by atoms with Crippen molar-refractivity contribution in [3.63, 3.8) is 0 Å². The molecule has 2 heteroatoms. The molecule has 0 radical (unpaired) electrons. The highest BCUT2D eigenvalue weighted by Gasteiger charge is 2.23. The quantitative estimate of drug-likeness (QED) is 0.796. The third-order valence-corrected chi connectivity index (χ3v) is 2.95. The molecule has 0 saturated carbocycles. The Kier molecular flexibility index (Phi) is 3.76. The number of rotatable bonds is 3. The van der Waals surface area contributed by atoms with Crippen LogP contribution in [0.2, 0.25) is 0 Å². The maximum absolute atomic E-state index is 5.18. The van der Waals surface area contributed by atoms with E-state index in [1.807, 2.05) is 0 Å². The van der Waals surface area contributed by atoms with Crippen LogP contribution in [0.25, 0.3) is 0 Å². The molecule has 0 aliphatic rings. The lowest BCUT2D eigenvalue weighted by Gasteiger charge is -2.27. The first-order valence-electron chi connectivity index (χ1n) is 5.70. The second kappa shape index (κ2) is 4.56. The maximum atomic E-state index is 5.18. The van der Waals surface area contributed by atoms with E-state index in [0.717, 1.165) is 0 Å². The van der Waals surface area contributed by atoms with Crippen LogP contribution in [0.15, 0.2) is 24.3 Å². The zero-order valence-corrected chi connectivity index (χ0v) is 11.0. The molecule has 1 aromatic rings. The lowest BCUT2D eigenvalue weighted by atomic mass is 9.80. The van der Waals surface area contributed by atoms with E-state index in [0.29, 0.717) is 6.61 Å². The van der Waals surface area contributed by atoms with Crippen molar-refractivity contribution < 1.29 is 4.84 Å². The summed E-state index contributed by atoms with van der Waals surface area (Å²) in [5.74, 6) is 5.18. The summed E-state index contributed by atoms with van der Waals surface area (Å²) in [6, 6.07) is 8.66. The van der Waals surface area contributed by atoms with Crippen molar-refractivity contribution in [3.05, 3.63) is 35.4 Å². The minimum absolute atomic E-state index is 0.0456. The van der Waals surface area contributed by atoms with Crippen LogP contribution in [-0.4, -0.2) is 6.61 Å². The highest BCUT2D eigenvalue weighted by Crippen LogP contribution is 2.28. The molecule has 0 fully saturated rings. The van der Waals surface area contributed by atoms with Gasteiger partial charge in [0, 0.05) is 5.41 Å². The molecule has 0 saturated heterocycles. The summed E-state index contributed by atoms with van der Waals surface area (Å²) in [6.07, 6.45) is 0. The van der Waals surface area contributed by atoms with Gasteiger partial charge in [0.05, 0.1) is 6.61 Å². The third-order valence-electron chi connectivity index (χ3n) is 2.95. The average Bonchev–Trinajstić information content (AvgIpc) is 2.16. The fraction of sp³-hybridized carbons (Fsp3) is 0.571. The minimum Gasteiger partial charge on any atom is -0.304 e. The molecule has 0 aromatic heterocycles. The number of hydrogen-bond acceptors (Lipinski definition) is 2. The molecule has 2 N–H and O–H groups in total. The van der Waals surface area contributed by atoms with E-state index in [1.165, 1.54) is 11.1 Å². The molecular formula is C14H23NO. The van der Waals surface area contributed by atoms with Gasteiger partial charge in [0.15, 0.2) is 0 Å². The van der Waals surface area contributed by atoms with E-state index >= 15 is 0 Å². The van der Waals surface area contributed by atoms with Crippen molar-refractivity contribution in [2.75, 3.05) is 6.61 Å². The molecule has 16 heavy (non-hydrogen) atoms. The zero-order valence-electron chi connectivity index (χ0n) is 11.0. The van der Waals surface area contributed by atoms with Gasteiger partial charge in [-0.2, -0.15) is 0 Å². The van der Waals surface area contributed by atoms with Crippen LogP contribution in [0.3, 0.4) is 0 Å². The first-order chi connectivity index (χ1) is 7.27. The Bertz CT molecular complexity index is 350. The summed E-state index contributed by atoms with van der Waals surface area (Å²) in [5, 5.41) is 0. The van der Waals surface area contributed by atoms with Gasteiger partial charge in [0.1, 0.15) is 0 Å². The van der Waals surface area contributed by atoms with Crippen LogP contribution < -0.4 is 5.90 Å². The monoisotopic (exact) mass is 221 g/mol. The van der Waals surface area contributed by atoms with Crippen molar-refractivity contribution in [3.8, 4) is 0 Å². The smallest absolute Gasteiger partial charge is 0.0770 e. The summed E-state index contributed by atoms with van der Waals surface area (Å²) < 4.78 is 0. The van der Waals surface area contributed by atoms with E-state index in [-0.39, 0.29) is 10.8 Å². The van der Waals surface area contributed by atoms with Crippen LogP contribution in [0.1, 0.15) is 45.7 Å². The fourth-order valence-electron chi connectivity index (χ4n) is 1.70. The van der Waals surface area contributed by atoms with Crippen molar-refractivity contribution in [2.24, 2.45) is 5.90 Å². The first kappa shape index (κ1) is 13.2. The minimum atomic E-state index is -0.0456. The Labute approximate surface area is 98.8 Å². The molecule has 0 aliphatic carbocycles. The summed E-state index contributed by atoms with van der Waals surface area (Å²) in [4.78, 5) is 4.79. The Hall–Kier alpha value is -0.860. The van der Waals surface area contributed by atoms with Crippen LogP contribution >= 0.6 is 0 Å². The molecule has 0 atom stereocenters. The Morgan fingerprint density at radius 2 is 1.62 bits per heavy atom. The van der Waals surface area contributed by atoms with Gasteiger partial charge >= 0.3 is 0 Å². The van der Waals surface area contributed by atoms with E-state index in [9.17, 15) is 0 Å². The Morgan fingerprint density at radius 3 is 2.12 bits per heavy atom. The van der Waals surface area contributed by atoms with Gasteiger partial charge < -0.3 is 4.84 Å². The van der Waals surface area contributed by atoms with Crippen LogP contribution in [-0.2, 0) is 15.7 Å². The highest BCUT2D eigenvalue weighted by atomic mass is 16.6.